The quantitative estimate of drug-likeness (QED) is 0.853. The molecule has 0 aliphatic carbocycles. The van der Waals surface area contributed by atoms with Crippen LogP contribution in [0.2, 0.25) is 0 Å². The predicted molar refractivity (Wildman–Crippen MR) is 82.2 cm³/mol. The van der Waals surface area contributed by atoms with Gasteiger partial charge in [0.05, 0.1) is 6.04 Å². The standard InChI is InChI=1S/C16H21N5O/c1-12-18-15(19-20(12)2)16(22)21-11-5-3-4-6-14(21)13-7-9-17-10-8-13/h7-10,14H,3-6,11H2,1-2H3. The molecule has 0 aromatic carbocycles. The molecule has 0 saturated carbocycles. The van der Waals surface area contributed by atoms with Gasteiger partial charge in [-0.3, -0.25) is 14.5 Å². The highest BCUT2D eigenvalue weighted by atomic mass is 16.2. The third kappa shape index (κ3) is 2.86. The molecule has 22 heavy (non-hydrogen) atoms. The Bertz CT molecular complexity index is 632. The molecule has 1 fully saturated rings. The first-order chi connectivity index (χ1) is 10.7. The van der Waals surface area contributed by atoms with E-state index in [0.29, 0.717) is 5.82 Å². The van der Waals surface area contributed by atoms with E-state index in [2.05, 4.69) is 15.1 Å². The lowest BCUT2D eigenvalue weighted by Gasteiger charge is -2.29. The SMILES string of the molecule is Cc1nc(C(=O)N2CCCCCC2c2ccncc2)nn1C. The first-order valence-corrected chi connectivity index (χ1v) is 7.75. The van der Waals surface area contributed by atoms with Gasteiger partial charge in [0.15, 0.2) is 0 Å². The number of hydrogen-bond donors (Lipinski definition) is 0. The predicted octanol–water partition coefficient (Wildman–Crippen LogP) is 2.28. The number of nitrogens with zero attached hydrogens (tertiary/aromatic N) is 5. The Balaban J connectivity index is 1.92. The maximum absolute atomic E-state index is 12.9. The molecular weight excluding hydrogens is 278 g/mol. The summed E-state index contributed by atoms with van der Waals surface area (Å²) in [5.41, 5.74) is 1.14. The Hall–Kier alpha value is -2.24. The van der Waals surface area contributed by atoms with E-state index < -0.39 is 0 Å². The molecule has 0 radical (unpaired) electrons. The van der Waals surface area contributed by atoms with Crippen LogP contribution in [0.3, 0.4) is 0 Å². The summed E-state index contributed by atoms with van der Waals surface area (Å²) in [6.45, 7) is 2.61. The van der Waals surface area contributed by atoms with Gasteiger partial charge in [0.1, 0.15) is 5.82 Å². The molecule has 2 aromatic heterocycles. The number of aromatic nitrogens is 4. The Morgan fingerprint density at radius 3 is 2.68 bits per heavy atom. The van der Waals surface area contributed by atoms with Crippen molar-refractivity contribution in [2.45, 2.75) is 38.6 Å². The summed E-state index contributed by atoms with van der Waals surface area (Å²) in [4.78, 5) is 23.2. The minimum atomic E-state index is -0.0765. The third-order valence-corrected chi connectivity index (χ3v) is 4.28. The van der Waals surface area contributed by atoms with E-state index in [1.165, 1.54) is 0 Å². The Morgan fingerprint density at radius 2 is 2.00 bits per heavy atom. The number of pyridine rings is 1. The van der Waals surface area contributed by atoms with Crippen molar-refractivity contribution < 1.29 is 4.79 Å². The van der Waals surface area contributed by atoms with Crippen molar-refractivity contribution in [3.63, 3.8) is 0 Å². The molecule has 6 nitrogen and oxygen atoms in total. The van der Waals surface area contributed by atoms with Crippen LogP contribution in [0.5, 0.6) is 0 Å². The van der Waals surface area contributed by atoms with E-state index in [4.69, 9.17) is 0 Å². The van der Waals surface area contributed by atoms with Gasteiger partial charge in [-0.2, -0.15) is 0 Å². The van der Waals surface area contributed by atoms with E-state index in [-0.39, 0.29) is 11.9 Å². The van der Waals surface area contributed by atoms with Gasteiger partial charge in [0.25, 0.3) is 5.91 Å². The number of carbonyl (C=O) groups is 1. The molecular formula is C16H21N5O. The lowest BCUT2D eigenvalue weighted by Crippen LogP contribution is -2.35. The van der Waals surface area contributed by atoms with Crippen LogP contribution in [0.15, 0.2) is 24.5 Å². The second-order valence-electron chi connectivity index (χ2n) is 5.75. The van der Waals surface area contributed by atoms with Crippen molar-refractivity contribution in [3.05, 3.63) is 41.7 Å². The van der Waals surface area contributed by atoms with Gasteiger partial charge < -0.3 is 4.90 Å². The number of likely N-dealkylation sites (tertiary alicyclic amines) is 1. The molecule has 1 saturated heterocycles. The lowest BCUT2D eigenvalue weighted by atomic mass is 10.0. The van der Waals surface area contributed by atoms with Crippen LogP contribution in [0.25, 0.3) is 0 Å². The second kappa shape index (κ2) is 6.25. The first-order valence-electron chi connectivity index (χ1n) is 7.75. The summed E-state index contributed by atoms with van der Waals surface area (Å²) in [5, 5.41) is 4.25. The van der Waals surface area contributed by atoms with Crippen molar-refractivity contribution >= 4 is 5.91 Å². The van der Waals surface area contributed by atoms with Gasteiger partial charge in [-0.05, 0) is 37.5 Å². The monoisotopic (exact) mass is 299 g/mol. The van der Waals surface area contributed by atoms with Gasteiger partial charge in [0, 0.05) is 26.0 Å². The number of aryl methyl sites for hydroxylation is 2. The molecule has 3 rings (SSSR count). The smallest absolute Gasteiger partial charge is 0.294 e. The average Bonchev–Trinajstić information content (AvgIpc) is 2.76. The lowest BCUT2D eigenvalue weighted by molar-refractivity contribution is 0.0668. The van der Waals surface area contributed by atoms with Gasteiger partial charge in [0.2, 0.25) is 5.82 Å². The molecule has 1 atom stereocenters. The molecule has 1 aliphatic heterocycles. The third-order valence-electron chi connectivity index (χ3n) is 4.28. The maximum Gasteiger partial charge on any atom is 0.294 e. The summed E-state index contributed by atoms with van der Waals surface area (Å²) < 4.78 is 1.65. The minimum Gasteiger partial charge on any atom is -0.329 e. The second-order valence-corrected chi connectivity index (χ2v) is 5.75. The van der Waals surface area contributed by atoms with Gasteiger partial charge in [-0.1, -0.05) is 12.8 Å². The fraction of sp³-hybridized carbons (Fsp3) is 0.500. The summed E-state index contributed by atoms with van der Waals surface area (Å²) >= 11 is 0. The Kier molecular flexibility index (Phi) is 4.18. The van der Waals surface area contributed by atoms with Crippen LogP contribution in [-0.4, -0.2) is 37.1 Å². The van der Waals surface area contributed by atoms with Crippen LogP contribution >= 0.6 is 0 Å². The number of hydrogen-bond acceptors (Lipinski definition) is 4. The van der Waals surface area contributed by atoms with Crippen LogP contribution < -0.4 is 0 Å². The molecule has 0 N–H and O–H groups in total. The highest BCUT2D eigenvalue weighted by Crippen LogP contribution is 2.30. The van der Waals surface area contributed by atoms with Crippen LogP contribution in [0.1, 0.15) is 53.7 Å². The first kappa shape index (κ1) is 14.7. The molecule has 2 aromatic rings. The average molecular weight is 299 g/mol. The van der Waals surface area contributed by atoms with E-state index in [1.54, 1.807) is 17.1 Å². The van der Waals surface area contributed by atoms with E-state index in [9.17, 15) is 4.79 Å². The fourth-order valence-electron chi connectivity index (χ4n) is 2.97. The van der Waals surface area contributed by atoms with Crippen molar-refractivity contribution in [1.29, 1.82) is 0 Å². The largest absolute Gasteiger partial charge is 0.329 e. The topological polar surface area (TPSA) is 63.9 Å². The highest BCUT2D eigenvalue weighted by Gasteiger charge is 2.29. The molecule has 116 valence electrons. The van der Waals surface area contributed by atoms with Crippen LogP contribution in [0, 0.1) is 6.92 Å². The van der Waals surface area contributed by atoms with Gasteiger partial charge >= 0.3 is 0 Å². The molecule has 6 heteroatoms. The highest BCUT2D eigenvalue weighted by molar-refractivity contribution is 5.90. The van der Waals surface area contributed by atoms with Crippen molar-refractivity contribution in [2.75, 3.05) is 6.54 Å². The maximum atomic E-state index is 12.9. The minimum absolute atomic E-state index is 0.0765. The summed E-state index contributed by atoms with van der Waals surface area (Å²) in [5.74, 6) is 0.965. The van der Waals surface area contributed by atoms with E-state index >= 15 is 0 Å². The van der Waals surface area contributed by atoms with Gasteiger partial charge in [-0.25, -0.2) is 4.98 Å². The zero-order valence-corrected chi connectivity index (χ0v) is 13.1. The Morgan fingerprint density at radius 1 is 1.23 bits per heavy atom. The number of amides is 1. The summed E-state index contributed by atoms with van der Waals surface area (Å²) in [6, 6.07) is 4.07. The fourth-order valence-corrected chi connectivity index (χ4v) is 2.97. The van der Waals surface area contributed by atoms with Gasteiger partial charge in [-0.15, -0.1) is 5.10 Å². The molecule has 1 unspecified atom stereocenters. The van der Waals surface area contributed by atoms with Crippen molar-refractivity contribution in [3.8, 4) is 0 Å². The normalized spacial score (nSPS) is 19.0. The zero-order chi connectivity index (χ0) is 15.5. The molecule has 3 heterocycles. The summed E-state index contributed by atoms with van der Waals surface area (Å²) in [7, 11) is 1.81. The van der Waals surface area contributed by atoms with Crippen LogP contribution in [-0.2, 0) is 7.05 Å². The molecule has 0 spiro atoms. The summed E-state index contributed by atoms with van der Waals surface area (Å²) in [6.07, 6.45) is 7.85. The number of carbonyl (C=O) groups excluding carboxylic acids is 1. The van der Waals surface area contributed by atoms with Crippen molar-refractivity contribution in [2.24, 2.45) is 7.05 Å². The van der Waals surface area contributed by atoms with E-state index in [1.807, 2.05) is 31.0 Å². The Labute approximate surface area is 130 Å². The molecule has 1 amide bonds. The van der Waals surface area contributed by atoms with E-state index in [0.717, 1.165) is 43.6 Å². The van der Waals surface area contributed by atoms with Crippen LogP contribution in [0.4, 0.5) is 0 Å². The number of rotatable bonds is 2. The molecule has 1 aliphatic rings. The zero-order valence-electron chi connectivity index (χ0n) is 13.1. The molecule has 0 bridgehead atoms. The van der Waals surface area contributed by atoms with Crippen molar-refractivity contribution in [1.82, 2.24) is 24.6 Å².